The number of benzene rings is 9. The molecule has 0 aliphatic carbocycles. The highest BCUT2D eigenvalue weighted by Gasteiger charge is 2.26. The summed E-state index contributed by atoms with van der Waals surface area (Å²) in [6.07, 6.45) is 0. The zero-order valence-corrected chi connectivity index (χ0v) is 36.6. The van der Waals surface area contributed by atoms with Crippen molar-refractivity contribution in [3.8, 4) is 0 Å². The van der Waals surface area contributed by atoms with Crippen LogP contribution in [0.4, 0.5) is 34.1 Å². The van der Waals surface area contributed by atoms with E-state index in [0.717, 1.165) is 99.5 Å². The van der Waals surface area contributed by atoms with Crippen molar-refractivity contribution in [2.45, 2.75) is 55.4 Å². The predicted octanol–water partition coefficient (Wildman–Crippen LogP) is 17.2. The molecule has 0 aliphatic heterocycles. The molecule has 9 aromatic carbocycles. The van der Waals surface area contributed by atoms with Crippen molar-refractivity contribution in [1.29, 1.82) is 0 Å². The molecule has 62 heavy (non-hydrogen) atoms. The monoisotopic (exact) mass is 804 g/mol. The summed E-state index contributed by atoms with van der Waals surface area (Å²) in [7, 11) is 0. The maximum absolute atomic E-state index is 7.22. The van der Waals surface area contributed by atoms with Crippen LogP contribution in [0.2, 0.25) is 0 Å². The molecule has 11 rings (SSSR count). The summed E-state index contributed by atoms with van der Waals surface area (Å²) in [5.41, 5.74) is 19.7. The van der Waals surface area contributed by atoms with Crippen molar-refractivity contribution in [1.82, 2.24) is 0 Å². The van der Waals surface area contributed by atoms with Gasteiger partial charge in [-0.1, -0.05) is 72.8 Å². The molecule has 0 atom stereocenters. The minimum atomic E-state index is 0.801. The first kappa shape index (κ1) is 37.7. The lowest BCUT2D eigenvalue weighted by molar-refractivity contribution is 0.663. The number of rotatable bonds is 6. The Morgan fingerprint density at radius 2 is 0.645 bits per heavy atom. The second-order valence-corrected chi connectivity index (χ2v) is 17.7. The van der Waals surface area contributed by atoms with Crippen LogP contribution >= 0.6 is 0 Å². The predicted molar refractivity (Wildman–Crippen MR) is 263 cm³/mol. The number of fused-ring (bicyclic) bond motifs is 11. The van der Waals surface area contributed by atoms with Crippen molar-refractivity contribution in [3.05, 3.63) is 190 Å². The second kappa shape index (κ2) is 14.1. The van der Waals surface area contributed by atoms with Gasteiger partial charge in [0, 0.05) is 61.8 Å². The number of hydrogen-bond acceptors (Lipinski definition) is 4. The zero-order chi connectivity index (χ0) is 42.6. The van der Waals surface area contributed by atoms with Gasteiger partial charge < -0.3 is 18.6 Å². The van der Waals surface area contributed by atoms with Crippen LogP contribution < -0.4 is 9.80 Å². The van der Waals surface area contributed by atoms with E-state index in [0.29, 0.717) is 0 Å². The Balaban J connectivity index is 1.21. The molecule has 4 heteroatoms. The van der Waals surface area contributed by atoms with Gasteiger partial charge in [-0.3, -0.25) is 0 Å². The van der Waals surface area contributed by atoms with E-state index in [1.165, 1.54) is 44.5 Å². The minimum absolute atomic E-state index is 0.801. The van der Waals surface area contributed by atoms with E-state index in [1.54, 1.807) is 0 Å². The Labute approximate surface area is 362 Å². The van der Waals surface area contributed by atoms with Gasteiger partial charge in [-0.2, -0.15) is 0 Å². The molecule has 4 nitrogen and oxygen atoms in total. The van der Waals surface area contributed by atoms with Gasteiger partial charge in [0.1, 0.15) is 22.3 Å². The first-order valence-electron chi connectivity index (χ1n) is 21.6. The van der Waals surface area contributed by atoms with E-state index in [1.807, 2.05) is 0 Å². The molecule has 0 saturated carbocycles. The number of hydrogen-bond donors (Lipinski definition) is 0. The zero-order valence-electron chi connectivity index (χ0n) is 36.6. The molecule has 0 saturated heterocycles. The SMILES string of the molecule is Cc1cc(C)cc(N(c2cc(C)cc(C)c2)c2cc3oc4c(ccc5oc6cc(N(c7cc(C)cc(C)c7)c7cc(C)cc(C)c7)c7ccccc7c6c54)c3c3ccccc23)c1. The number of anilines is 6. The highest BCUT2D eigenvalue weighted by molar-refractivity contribution is 6.32. The number of nitrogens with zero attached hydrogens (tertiary/aromatic N) is 2. The van der Waals surface area contributed by atoms with Crippen molar-refractivity contribution in [2.75, 3.05) is 9.80 Å². The molecule has 0 radical (unpaired) electrons. The van der Waals surface area contributed by atoms with Crippen molar-refractivity contribution >= 4 is 99.5 Å². The molecular weight excluding hydrogens is 757 g/mol. The van der Waals surface area contributed by atoms with Gasteiger partial charge >= 0.3 is 0 Å². The Kier molecular flexibility index (Phi) is 8.59. The average Bonchev–Trinajstić information content (AvgIpc) is 3.78. The topological polar surface area (TPSA) is 32.8 Å². The van der Waals surface area contributed by atoms with E-state index in [9.17, 15) is 0 Å². The molecule has 0 bridgehead atoms. The Morgan fingerprint density at radius 1 is 0.290 bits per heavy atom. The van der Waals surface area contributed by atoms with Crippen molar-refractivity contribution < 1.29 is 8.83 Å². The standard InChI is InChI=1S/C58H48N2O2/c1-33-19-34(2)24-41(23-33)59(42-25-35(3)20-36(4)26-42)50-31-53-55(47-15-11-9-13-45(47)50)49-17-18-52-57(58(49)62-53)56-48-16-12-10-14-46(48)51(32-54(56)61-52)60(43-27-37(5)21-38(6)28-43)44-29-39(7)22-40(8)30-44/h9-32H,1-8H3. The largest absolute Gasteiger partial charge is 0.456 e. The molecule has 0 amide bonds. The molecule has 0 unspecified atom stereocenters. The van der Waals surface area contributed by atoms with Gasteiger partial charge in [-0.15, -0.1) is 0 Å². The third-order valence-corrected chi connectivity index (χ3v) is 12.4. The normalized spacial score (nSPS) is 11.9. The van der Waals surface area contributed by atoms with Crippen LogP contribution in [-0.4, -0.2) is 0 Å². The number of furan rings is 2. The Morgan fingerprint density at radius 3 is 1.05 bits per heavy atom. The van der Waals surface area contributed by atoms with E-state index >= 15 is 0 Å². The molecule has 0 spiro atoms. The fourth-order valence-corrected chi connectivity index (χ4v) is 10.3. The maximum atomic E-state index is 7.22. The van der Waals surface area contributed by atoms with Crippen LogP contribution in [0.15, 0.2) is 154 Å². The summed E-state index contributed by atoms with van der Waals surface area (Å²) in [6.45, 7) is 17.4. The van der Waals surface area contributed by atoms with Crippen LogP contribution in [0.25, 0.3) is 65.4 Å². The Hall–Kier alpha value is -7.30. The summed E-state index contributed by atoms with van der Waals surface area (Å²) < 4.78 is 14.2. The van der Waals surface area contributed by atoms with Crippen molar-refractivity contribution in [3.63, 3.8) is 0 Å². The lowest BCUT2D eigenvalue weighted by Crippen LogP contribution is -2.11. The quantitative estimate of drug-likeness (QED) is 0.168. The summed E-state index contributed by atoms with van der Waals surface area (Å²) in [5.74, 6) is 0. The van der Waals surface area contributed by atoms with Gasteiger partial charge in [0.2, 0.25) is 0 Å². The summed E-state index contributed by atoms with van der Waals surface area (Å²) in [4.78, 5) is 4.81. The third-order valence-electron chi connectivity index (χ3n) is 12.4. The molecule has 0 aliphatic rings. The Bertz CT molecular complexity index is 3460. The smallest absolute Gasteiger partial charge is 0.147 e. The van der Waals surface area contributed by atoms with E-state index < -0.39 is 0 Å². The van der Waals surface area contributed by atoms with Gasteiger partial charge in [0.05, 0.1) is 16.8 Å². The molecule has 302 valence electrons. The lowest BCUT2D eigenvalue weighted by atomic mass is 9.97. The van der Waals surface area contributed by atoms with Gasteiger partial charge in [-0.05, 0) is 171 Å². The van der Waals surface area contributed by atoms with E-state index in [4.69, 9.17) is 8.83 Å². The molecule has 2 aromatic heterocycles. The van der Waals surface area contributed by atoms with Crippen LogP contribution in [0, 0.1) is 55.4 Å². The molecular formula is C58H48N2O2. The first-order chi connectivity index (χ1) is 30.0. The van der Waals surface area contributed by atoms with Crippen LogP contribution in [-0.2, 0) is 0 Å². The highest BCUT2D eigenvalue weighted by atomic mass is 16.3. The minimum Gasteiger partial charge on any atom is -0.456 e. The van der Waals surface area contributed by atoms with Crippen molar-refractivity contribution in [2.24, 2.45) is 0 Å². The molecule has 0 N–H and O–H groups in total. The third kappa shape index (κ3) is 6.12. The maximum Gasteiger partial charge on any atom is 0.147 e. The van der Waals surface area contributed by atoms with Crippen LogP contribution in [0.5, 0.6) is 0 Å². The summed E-state index contributed by atoms with van der Waals surface area (Å²) in [6, 6.07) is 53.5. The fourth-order valence-electron chi connectivity index (χ4n) is 10.3. The summed E-state index contributed by atoms with van der Waals surface area (Å²) >= 11 is 0. The average molecular weight is 805 g/mol. The molecule has 11 aromatic rings. The van der Waals surface area contributed by atoms with Gasteiger partial charge in [0.25, 0.3) is 0 Å². The first-order valence-corrected chi connectivity index (χ1v) is 21.6. The van der Waals surface area contributed by atoms with Crippen LogP contribution in [0.3, 0.4) is 0 Å². The molecule has 0 fully saturated rings. The van der Waals surface area contributed by atoms with Gasteiger partial charge in [0.15, 0.2) is 0 Å². The van der Waals surface area contributed by atoms with Gasteiger partial charge in [-0.25, -0.2) is 0 Å². The highest BCUT2D eigenvalue weighted by Crippen LogP contribution is 2.50. The second-order valence-electron chi connectivity index (χ2n) is 17.7. The fraction of sp³-hybridized carbons (Fsp3) is 0.138. The summed E-state index contributed by atoms with van der Waals surface area (Å²) in [5, 5.41) is 8.79. The molecule has 2 heterocycles. The van der Waals surface area contributed by atoms with E-state index in [-0.39, 0.29) is 0 Å². The number of aryl methyl sites for hydroxylation is 8. The van der Waals surface area contributed by atoms with Crippen LogP contribution in [0.1, 0.15) is 44.5 Å². The van der Waals surface area contributed by atoms with E-state index in [2.05, 4.69) is 211 Å². The lowest BCUT2D eigenvalue weighted by Gasteiger charge is -2.28.